The van der Waals surface area contributed by atoms with E-state index in [-0.39, 0.29) is 29.7 Å². The number of hydrazine groups is 1. The number of carbonyl (C=O) groups is 1. The Hall–Kier alpha value is -2.84. The van der Waals surface area contributed by atoms with Gasteiger partial charge in [0.2, 0.25) is 5.91 Å². The summed E-state index contributed by atoms with van der Waals surface area (Å²) in [4.78, 5) is 16.8. The highest BCUT2D eigenvalue weighted by atomic mass is 19.1. The minimum Gasteiger partial charge on any atom is -0.322 e. The number of aromatic nitrogens is 3. The number of hydrogen-bond donors (Lipinski definition) is 3. The van der Waals surface area contributed by atoms with Crippen LogP contribution in [0, 0.1) is 11.7 Å². The lowest BCUT2D eigenvalue weighted by Crippen LogP contribution is -2.41. The van der Waals surface area contributed by atoms with Crippen molar-refractivity contribution in [3.8, 4) is 11.3 Å². The average molecular weight is 354 g/mol. The van der Waals surface area contributed by atoms with Crippen molar-refractivity contribution < 1.29 is 9.18 Å². The molecular formula is C18H19FN6O. The van der Waals surface area contributed by atoms with Gasteiger partial charge in [-0.25, -0.2) is 19.3 Å². The number of rotatable bonds is 3. The van der Waals surface area contributed by atoms with Crippen molar-refractivity contribution in [2.45, 2.75) is 25.9 Å². The summed E-state index contributed by atoms with van der Waals surface area (Å²) in [5, 5.41) is 7.33. The van der Waals surface area contributed by atoms with Crippen molar-refractivity contribution >= 4 is 17.2 Å². The van der Waals surface area contributed by atoms with Gasteiger partial charge in [0.25, 0.3) is 0 Å². The van der Waals surface area contributed by atoms with E-state index in [4.69, 9.17) is 0 Å². The number of carbonyl (C=O) groups excluding carboxylic acids is 1. The van der Waals surface area contributed by atoms with E-state index < -0.39 is 0 Å². The molecular weight excluding hydrogens is 335 g/mol. The molecule has 1 aromatic carbocycles. The molecule has 134 valence electrons. The summed E-state index contributed by atoms with van der Waals surface area (Å²) in [7, 11) is 0. The molecule has 3 heterocycles. The number of nitrogens with zero attached hydrogens (tertiary/aromatic N) is 3. The number of amides is 1. The maximum absolute atomic E-state index is 13.1. The summed E-state index contributed by atoms with van der Waals surface area (Å²) in [6, 6.07) is 7.84. The molecule has 7 nitrogen and oxygen atoms in total. The third-order valence-corrected chi connectivity index (χ3v) is 4.78. The Morgan fingerprint density at radius 2 is 2.00 bits per heavy atom. The highest BCUT2D eigenvalue weighted by Crippen LogP contribution is 2.21. The van der Waals surface area contributed by atoms with Gasteiger partial charge in [0.15, 0.2) is 5.65 Å². The summed E-state index contributed by atoms with van der Waals surface area (Å²) in [5.41, 5.74) is 8.76. The van der Waals surface area contributed by atoms with Crippen molar-refractivity contribution in [3.05, 3.63) is 48.5 Å². The lowest BCUT2D eigenvalue weighted by molar-refractivity contribution is -0.118. The predicted molar refractivity (Wildman–Crippen MR) is 95.7 cm³/mol. The van der Waals surface area contributed by atoms with Crippen molar-refractivity contribution in [2.24, 2.45) is 5.92 Å². The fraction of sp³-hybridized carbons (Fsp3) is 0.278. The predicted octanol–water partition coefficient (Wildman–Crippen LogP) is 1.97. The zero-order chi connectivity index (χ0) is 18.3. The topological polar surface area (TPSA) is 83.3 Å². The molecule has 2 aromatic heterocycles. The molecule has 1 saturated heterocycles. The SMILES string of the molecule is CC1NNC(C(=O)Nc2cnc3cc(-c4ccc(F)cc4)nn3c2)C1C. The number of benzene rings is 1. The van der Waals surface area contributed by atoms with Crippen molar-refractivity contribution in [2.75, 3.05) is 5.32 Å². The monoisotopic (exact) mass is 354 g/mol. The van der Waals surface area contributed by atoms with E-state index in [1.165, 1.54) is 12.1 Å². The Labute approximate surface area is 149 Å². The van der Waals surface area contributed by atoms with E-state index in [1.54, 1.807) is 29.0 Å². The lowest BCUT2D eigenvalue weighted by Gasteiger charge is -2.15. The lowest BCUT2D eigenvalue weighted by atomic mass is 9.97. The van der Waals surface area contributed by atoms with Crippen molar-refractivity contribution in [1.29, 1.82) is 0 Å². The normalized spacial score (nSPS) is 22.7. The molecule has 4 rings (SSSR count). The van der Waals surface area contributed by atoms with Gasteiger partial charge in [0, 0.05) is 17.7 Å². The van der Waals surface area contributed by atoms with Gasteiger partial charge in [-0.2, -0.15) is 5.10 Å². The summed E-state index contributed by atoms with van der Waals surface area (Å²) < 4.78 is 14.7. The van der Waals surface area contributed by atoms with E-state index in [1.807, 2.05) is 19.9 Å². The molecule has 3 aromatic rings. The van der Waals surface area contributed by atoms with Crippen LogP contribution in [0.3, 0.4) is 0 Å². The number of anilines is 1. The van der Waals surface area contributed by atoms with E-state index in [0.29, 0.717) is 17.0 Å². The maximum Gasteiger partial charge on any atom is 0.243 e. The van der Waals surface area contributed by atoms with Crippen LogP contribution in [0.15, 0.2) is 42.7 Å². The molecule has 3 atom stereocenters. The van der Waals surface area contributed by atoms with Gasteiger partial charge in [-0.1, -0.05) is 6.92 Å². The summed E-state index contributed by atoms with van der Waals surface area (Å²) in [5.74, 6) is -0.248. The molecule has 0 aliphatic carbocycles. The van der Waals surface area contributed by atoms with Crippen LogP contribution in [-0.4, -0.2) is 32.6 Å². The van der Waals surface area contributed by atoms with Crippen LogP contribution in [0.4, 0.5) is 10.1 Å². The first-order chi connectivity index (χ1) is 12.5. The fourth-order valence-electron chi connectivity index (χ4n) is 3.00. The molecule has 0 saturated carbocycles. The van der Waals surface area contributed by atoms with Gasteiger partial charge in [-0.3, -0.25) is 10.2 Å². The molecule has 1 aliphatic rings. The van der Waals surface area contributed by atoms with Crippen LogP contribution >= 0.6 is 0 Å². The van der Waals surface area contributed by atoms with Crippen LogP contribution in [0.2, 0.25) is 0 Å². The minimum absolute atomic E-state index is 0.124. The molecule has 0 spiro atoms. The van der Waals surface area contributed by atoms with Gasteiger partial charge >= 0.3 is 0 Å². The summed E-state index contributed by atoms with van der Waals surface area (Å²) in [6.45, 7) is 4.05. The van der Waals surface area contributed by atoms with Gasteiger partial charge in [-0.05, 0) is 37.1 Å². The third kappa shape index (κ3) is 3.04. The Balaban J connectivity index is 1.56. The third-order valence-electron chi connectivity index (χ3n) is 4.78. The summed E-state index contributed by atoms with van der Waals surface area (Å²) in [6.07, 6.45) is 3.31. The molecule has 1 fully saturated rings. The van der Waals surface area contributed by atoms with Gasteiger partial charge < -0.3 is 5.32 Å². The molecule has 8 heteroatoms. The van der Waals surface area contributed by atoms with E-state index in [0.717, 1.165) is 5.56 Å². The highest BCUT2D eigenvalue weighted by molar-refractivity contribution is 5.95. The first kappa shape index (κ1) is 16.6. The maximum atomic E-state index is 13.1. The highest BCUT2D eigenvalue weighted by Gasteiger charge is 2.34. The molecule has 26 heavy (non-hydrogen) atoms. The minimum atomic E-state index is -0.312. The van der Waals surface area contributed by atoms with Crippen LogP contribution < -0.4 is 16.2 Å². The number of halogens is 1. The molecule has 0 radical (unpaired) electrons. The number of fused-ring (bicyclic) bond motifs is 1. The molecule has 3 unspecified atom stereocenters. The Morgan fingerprint density at radius 1 is 1.23 bits per heavy atom. The molecule has 1 amide bonds. The Bertz CT molecular complexity index is 954. The first-order valence-electron chi connectivity index (χ1n) is 8.44. The van der Waals surface area contributed by atoms with Gasteiger partial charge in [0.05, 0.1) is 23.8 Å². The Morgan fingerprint density at radius 3 is 2.69 bits per heavy atom. The van der Waals surface area contributed by atoms with E-state index in [9.17, 15) is 9.18 Å². The quantitative estimate of drug-likeness (QED) is 0.670. The van der Waals surface area contributed by atoms with E-state index in [2.05, 4.69) is 26.3 Å². The second-order valence-corrected chi connectivity index (χ2v) is 6.59. The van der Waals surface area contributed by atoms with Crippen LogP contribution in [0.5, 0.6) is 0 Å². The summed E-state index contributed by atoms with van der Waals surface area (Å²) >= 11 is 0. The van der Waals surface area contributed by atoms with Crippen molar-refractivity contribution in [1.82, 2.24) is 25.4 Å². The first-order valence-corrected chi connectivity index (χ1v) is 8.44. The van der Waals surface area contributed by atoms with Crippen LogP contribution in [0.25, 0.3) is 16.9 Å². The number of hydrogen-bond acceptors (Lipinski definition) is 5. The molecule has 0 bridgehead atoms. The fourth-order valence-corrected chi connectivity index (χ4v) is 3.00. The molecule has 1 aliphatic heterocycles. The molecule has 3 N–H and O–H groups in total. The van der Waals surface area contributed by atoms with Gasteiger partial charge in [-0.15, -0.1) is 0 Å². The number of nitrogens with one attached hydrogen (secondary N) is 3. The smallest absolute Gasteiger partial charge is 0.243 e. The standard InChI is InChI=1S/C18H19FN6O/c1-10-11(2)22-23-17(10)18(26)21-14-8-20-16-7-15(24-25(16)9-14)12-3-5-13(19)6-4-12/h3-11,17,22-23H,1-2H3,(H,21,26). The Kier molecular flexibility index (Phi) is 4.14. The zero-order valence-electron chi connectivity index (χ0n) is 14.4. The second-order valence-electron chi connectivity index (χ2n) is 6.59. The van der Waals surface area contributed by atoms with Gasteiger partial charge in [0.1, 0.15) is 11.9 Å². The second kappa shape index (κ2) is 6.47. The average Bonchev–Trinajstić information content (AvgIpc) is 3.19. The zero-order valence-corrected chi connectivity index (χ0v) is 14.4. The van der Waals surface area contributed by atoms with Crippen molar-refractivity contribution in [3.63, 3.8) is 0 Å². The van der Waals surface area contributed by atoms with E-state index >= 15 is 0 Å². The van der Waals surface area contributed by atoms with Crippen LogP contribution in [0.1, 0.15) is 13.8 Å². The van der Waals surface area contributed by atoms with Crippen LogP contribution in [-0.2, 0) is 4.79 Å². The largest absolute Gasteiger partial charge is 0.322 e.